The number of rotatable bonds is 7. The second-order valence-corrected chi connectivity index (χ2v) is 14.3. The van der Waals surface area contributed by atoms with Crippen LogP contribution >= 0.6 is 23.1 Å². The van der Waals surface area contributed by atoms with Crippen molar-refractivity contribution in [3.05, 3.63) is 98.7 Å². The summed E-state index contributed by atoms with van der Waals surface area (Å²) in [6.07, 6.45) is 0.754. The number of benzene rings is 3. The number of fused-ring (bicyclic) bond motifs is 9. The van der Waals surface area contributed by atoms with Gasteiger partial charge in [0.2, 0.25) is 11.8 Å². The van der Waals surface area contributed by atoms with Crippen LogP contribution in [-0.4, -0.2) is 41.7 Å². The molecule has 9 nitrogen and oxygen atoms in total. The molecule has 1 aromatic heterocycles. The highest BCUT2D eigenvalue weighted by Gasteiger charge is 2.69. The van der Waals surface area contributed by atoms with Crippen LogP contribution in [0.2, 0.25) is 0 Å². The molecule has 2 saturated carbocycles. The highest BCUT2D eigenvalue weighted by Crippen LogP contribution is 2.68. The number of carbonyl (C=O) groups excluding carboxylic acids is 3. The normalized spacial score (nSPS) is 27.3. The zero-order valence-corrected chi connectivity index (χ0v) is 26.1. The fourth-order valence-electron chi connectivity index (χ4n) is 8.05. The summed E-state index contributed by atoms with van der Waals surface area (Å²) in [4.78, 5) is 57.9. The number of hydrogen-bond acceptors (Lipinski definition) is 8. The average molecular weight is 658 g/mol. The lowest BCUT2D eigenvalue weighted by atomic mass is 9.68. The van der Waals surface area contributed by atoms with Crippen LogP contribution in [0.3, 0.4) is 0 Å². The van der Waals surface area contributed by atoms with Gasteiger partial charge in [-0.15, -0.1) is 11.8 Å². The first-order valence-electron chi connectivity index (χ1n) is 15.0. The molecule has 46 heavy (non-hydrogen) atoms. The summed E-state index contributed by atoms with van der Waals surface area (Å²) in [5, 5.41) is 3.65. The van der Waals surface area contributed by atoms with Crippen molar-refractivity contribution < 1.29 is 28.2 Å². The van der Waals surface area contributed by atoms with E-state index in [9.17, 15) is 23.6 Å². The summed E-state index contributed by atoms with van der Waals surface area (Å²) in [5.74, 6) is -1.20. The molecule has 4 aromatic rings. The molecule has 0 radical (unpaired) electrons. The maximum absolute atomic E-state index is 13.9. The molecule has 0 spiro atoms. The predicted molar refractivity (Wildman–Crippen MR) is 171 cm³/mol. The summed E-state index contributed by atoms with van der Waals surface area (Å²) in [5.41, 5.74) is 1.94. The van der Waals surface area contributed by atoms with Crippen LogP contribution in [0.4, 0.5) is 15.8 Å². The summed E-state index contributed by atoms with van der Waals surface area (Å²) in [7, 11) is 1.58. The van der Waals surface area contributed by atoms with Crippen LogP contribution in [-0.2, 0) is 14.4 Å². The number of ether oxygens (including phenoxy) is 2. The Kier molecular flexibility index (Phi) is 7.02. The van der Waals surface area contributed by atoms with E-state index in [0.717, 1.165) is 21.9 Å². The summed E-state index contributed by atoms with van der Waals surface area (Å²) < 4.78 is 24.7. The van der Waals surface area contributed by atoms with Crippen LogP contribution in [0, 0.1) is 35.4 Å². The summed E-state index contributed by atoms with van der Waals surface area (Å²) in [6.45, 7) is -0.199. The number of methoxy groups -OCH3 is 1. The molecule has 2 bridgehead atoms. The van der Waals surface area contributed by atoms with Gasteiger partial charge in [-0.05, 0) is 90.4 Å². The topological polar surface area (TPSA) is 118 Å². The Morgan fingerprint density at radius 2 is 1.72 bits per heavy atom. The van der Waals surface area contributed by atoms with Gasteiger partial charge >= 0.3 is 4.87 Å². The minimum absolute atomic E-state index is 0.00809. The quantitative estimate of drug-likeness (QED) is 0.260. The maximum Gasteiger partial charge on any atom is 0.305 e. The fourth-order valence-corrected chi connectivity index (χ4v) is 10.9. The van der Waals surface area contributed by atoms with Gasteiger partial charge in [-0.25, -0.2) is 4.39 Å². The number of imide groups is 1. The van der Waals surface area contributed by atoms with Crippen LogP contribution in [0.5, 0.6) is 11.5 Å². The number of halogens is 1. The fraction of sp³-hybridized carbons (Fsp3) is 0.294. The number of nitrogens with one attached hydrogen (secondary N) is 2. The molecule has 2 aliphatic heterocycles. The first-order chi connectivity index (χ1) is 22.3. The van der Waals surface area contributed by atoms with Crippen LogP contribution < -0.4 is 24.6 Å². The number of carbonyl (C=O) groups is 3. The van der Waals surface area contributed by atoms with Gasteiger partial charge in [0, 0.05) is 21.7 Å². The minimum Gasteiger partial charge on any atom is -0.497 e. The number of anilines is 2. The molecule has 3 aromatic carbocycles. The lowest BCUT2D eigenvalue weighted by molar-refractivity contribution is -0.123. The molecule has 4 aliphatic rings. The van der Waals surface area contributed by atoms with Crippen molar-refractivity contribution in [1.29, 1.82) is 0 Å². The third-order valence-corrected chi connectivity index (χ3v) is 12.4. The van der Waals surface area contributed by atoms with Gasteiger partial charge in [0.1, 0.15) is 17.3 Å². The van der Waals surface area contributed by atoms with Gasteiger partial charge in [0.15, 0.2) is 6.61 Å². The van der Waals surface area contributed by atoms with E-state index in [-0.39, 0.29) is 58.1 Å². The zero-order chi connectivity index (χ0) is 31.7. The molecule has 3 fully saturated rings. The number of aromatic amines is 1. The van der Waals surface area contributed by atoms with Gasteiger partial charge < -0.3 is 19.8 Å². The molecule has 2 N–H and O–H groups in total. The molecule has 3 amide bonds. The molecular formula is C34H28FN3O6S2. The van der Waals surface area contributed by atoms with Gasteiger partial charge in [-0.2, -0.15) is 0 Å². The SMILES string of the molecule is COc1ccc(NC(=O)COc2cccc([C@@H]3c4sc(=O)[nH]c4S[C@@H]4[C@@H]5C[C@@H]([C@@H]6C(=O)N(c7ccc(F)cc7)C(=O)[C@@H]56)[C@H]34)c2)cc1. The lowest BCUT2D eigenvalue weighted by Gasteiger charge is -2.43. The highest BCUT2D eigenvalue weighted by atomic mass is 32.2. The number of thioether (sulfide) groups is 1. The number of thiazole rings is 1. The van der Waals surface area contributed by atoms with E-state index in [4.69, 9.17) is 9.47 Å². The Balaban J connectivity index is 1.07. The summed E-state index contributed by atoms with van der Waals surface area (Å²) in [6, 6.07) is 20.0. The zero-order valence-electron chi connectivity index (χ0n) is 24.5. The second-order valence-electron chi connectivity index (χ2n) is 12.1. The van der Waals surface area contributed by atoms with Gasteiger partial charge in [0.05, 0.1) is 29.7 Å². The third kappa shape index (κ3) is 4.65. The van der Waals surface area contributed by atoms with E-state index >= 15 is 0 Å². The number of H-pyrrole nitrogens is 1. The van der Waals surface area contributed by atoms with Crippen molar-refractivity contribution in [2.24, 2.45) is 29.6 Å². The Hall–Kier alpha value is -4.42. The van der Waals surface area contributed by atoms with E-state index in [2.05, 4.69) is 10.3 Å². The van der Waals surface area contributed by atoms with Crippen molar-refractivity contribution in [3.63, 3.8) is 0 Å². The highest BCUT2D eigenvalue weighted by molar-refractivity contribution is 8.00. The standard InChI is InChI=1S/C34H28FN3O6S2/c1-43-20-11-7-18(8-12-20)36-24(39)15-44-21-4-2-3-16(13-21)25-26-22-14-23(29(26)45-31-30(25)46-34(42)37-31)28-27(22)32(40)38(33(28)41)19-9-5-17(35)6-10-19/h2-13,22-23,25-29H,14-15H2,1H3,(H,36,39)(H,37,42)/t22-,23-,25+,26-,27+,28+,29-/m1/s1. The van der Waals surface area contributed by atoms with Crippen molar-refractivity contribution in [2.75, 3.05) is 23.9 Å². The van der Waals surface area contributed by atoms with E-state index < -0.39 is 17.7 Å². The van der Waals surface area contributed by atoms with Crippen molar-refractivity contribution in [2.45, 2.75) is 22.6 Å². The number of aromatic nitrogens is 1. The molecular weight excluding hydrogens is 630 g/mol. The van der Waals surface area contributed by atoms with Crippen LogP contribution in [0.15, 0.2) is 82.6 Å². The molecule has 1 saturated heterocycles. The van der Waals surface area contributed by atoms with Gasteiger partial charge in [-0.1, -0.05) is 23.5 Å². The lowest BCUT2D eigenvalue weighted by Crippen LogP contribution is -2.42. The molecule has 234 valence electrons. The van der Waals surface area contributed by atoms with Crippen LogP contribution in [0.25, 0.3) is 0 Å². The summed E-state index contributed by atoms with van der Waals surface area (Å²) >= 11 is 2.79. The number of hydrogen-bond donors (Lipinski definition) is 2. The number of amides is 3. The van der Waals surface area contributed by atoms with Crippen LogP contribution in [0.1, 0.15) is 22.8 Å². The van der Waals surface area contributed by atoms with E-state index in [0.29, 0.717) is 22.9 Å². The third-order valence-electron chi connectivity index (χ3n) is 9.77. The molecule has 2 aliphatic carbocycles. The van der Waals surface area contributed by atoms with E-state index in [1.54, 1.807) is 49.2 Å². The first kappa shape index (κ1) is 29.0. The Morgan fingerprint density at radius 1 is 0.978 bits per heavy atom. The second kappa shape index (κ2) is 11.1. The molecule has 7 atom stereocenters. The van der Waals surface area contributed by atoms with Crippen molar-refractivity contribution in [3.8, 4) is 11.5 Å². The number of nitrogens with zero attached hydrogens (tertiary/aromatic N) is 1. The molecule has 8 rings (SSSR count). The van der Waals surface area contributed by atoms with Crippen molar-refractivity contribution in [1.82, 2.24) is 4.98 Å². The monoisotopic (exact) mass is 657 g/mol. The van der Waals surface area contributed by atoms with Crippen molar-refractivity contribution >= 4 is 52.2 Å². The predicted octanol–water partition coefficient (Wildman–Crippen LogP) is 5.28. The first-order valence-corrected chi connectivity index (χ1v) is 16.7. The maximum atomic E-state index is 13.9. The molecule has 3 heterocycles. The average Bonchev–Trinajstić information content (AvgIpc) is 3.80. The smallest absolute Gasteiger partial charge is 0.305 e. The Labute approximate surface area is 271 Å². The Morgan fingerprint density at radius 3 is 2.46 bits per heavy atom. The van der Waals surface area contributed by atoms with Gasteiger partial charge in [0.25, 0.3) is 5.91 Å². The van der Waals surface area contributed by atoms with E-state index in [1.165, 1.54) is 40.5 Å². The van der Waals surface area contributed by atoms with E-state index in [1.807, 2.05) is 18.2 Å². The molecule has 0 unspecified atom stereocenters. The molecule has 12 heteroatoms. The Bertz CT molecular complexity index is 1930. The minimum atomic E-state index is -0.467. The van der Waals surface area contributed by atoms with Gasteiger partial charge in [-0.3, -0.25) is 24.1 Å². The largest absolute Gasteiger partial charge is 0.497 e.